The highest BCUT2D eigenvalue weighted by molar-refractivity contribution is 5.86. The van der Waals surface area contributed by atoms with Crippen LogP contribution < -0.4 is 0 Å². The summed E-state index contributed by atoms with van der Waals surface area (Å²) in [6.45, 7) is 4.63. The van der Waals surface area contributed by atoms with Gasteiger partial charge in [-0.05, 0) is 12.5 Å². The van der Waals surface area contributed by atoms with Gasteiger partial charge in [0.05, 0.1) is 6.07 Å². The second-order valence-corrected chi connectivity index (χ2v) is 3.42. The quantitative estimate of drug-likeness (QED) is 0.296. The Balaban J connectivity index is 0.000000399. The molecule has 0 bridgehead atoms. The van der Waals surface area contributed by atoms with Crippen LogP contribution in [0.5, 0.6) is 0 Å². The monoisotopic (exact) mass is 257 g/mol. The van der Waals surface area contributed by atoms with E-state index in [0.29, 0.717) is 0 Å². The third-order valence-electron chi connectivity index (χ3n) is 1.80. The van der Waals surface area contributed by atoms with Crippen molar-refractivity contribution in [2.75, 3.05) is 0 Å². The lowest BCUT2D eigenvalue weighted by molar-refractivity contribution is -0.229. The molecule has 1 aromatic carbocycles. The number of carbonyl (C=O) groups excluding carboxylic acids is 1. The molecular weight excluding hydrogens is 242 g/mol. The van der Waals surface area contributed by atoms with Gasteiger partial charge in [0.25, 0.3) is 0 Å². The Hall–Kier alpha value is -2.64. The van der Waals surface area contributed by atoms with E-state index in [1.165, 1.54) is 13.0 Å². The van der Waals surface area contributed by atoms with Crippen molar-refractivity contribution in [1.29, 1.82) is 5.26 Å². The van der Waals surface area contributed by atoms with Crippen LogP contribution in [0.4, 0.5) is 0 Å². The molecule has 0 unspecified atom stereocenters. The van der Waals surface area contributed by atoms with Gasteiger partial charge in [-0.1, -0.05) is 55.1 Å². The van der Waals surface area contributed by atoms with E-state index < -0.39 is 5.97 Å². The largest absolute Gasteiger partial charge is 0.367 e. The molecule has 0 fully saturated rings. The normalized spacial score (nSPS) is 9.53. The first-order valence-corrected chi connectivity index (χ1v) is 5.41. The van der Waals surface area contributed by atoms with Crippen molar-refractivity contribution in [3.05, 3.63) is 66.3 Å². The summed E-state index contributed by atoms with van der Waals surface area (Å²) >= 11 is 0. The molecule has 1 aromatic rings. The second kappa shape index (κ2) is 10.5. The van der Waals surface area contributed by atoms with Gasteiger partial charge in [-0.2, -0.15) is 10.5 Å². The highest BCUT2D eigenvalue weighted by Gasteiger charge is 1.98. The van der Waals surface area contributed by atoms with Crippen molar-refractivity contribution in [3.63, 3.8) is 0 Å². The minimum atomic E-state index is -0.792. The number of hydrogen-bond acceptors (Lipinski definition) is 4. The van der Waals surface area contributed by atoms with Gasteiger partial charge in [0.2, 0.25) is 0 Å². The van der Waals surface area contributed by atoms with Crippen LogP contribution in [-0.2, 0) is 9.68 Å². The van der Waals surface area contributed by atoms with Crippen LogP contribution in [-0.4, -0.2) is 11.2 Å². The van der Waals surface area contributed by atoms with Crippen molar-refractivity contribution < 1.29 is 14.9 Å². The lowest BCUT2D eigenvalue weighted by Gasteiger charge is -1.88. The average molecular weight is 257 g/mol. The van der Waals surface area contributed by atoms with Crippen molar-refractivity contribution in [2.45, 2.75) is 6.92 Å². The Labute approximate surface area is 112 Å². The Morgan fingerprint density at radius 1 is 1.37 bits per heavy atom. The van der Waals surface area contributed by atoms with Crippen molar-refractivity contribution in [1.82, 2.24) is 0 Å². The lowest BCUT2D eigenvalue weighted by Crippen LogP contribution is -1.99. The van der Waals surface area contributed by atoms with Crippen LogP contribution in [0.15, 0.2) is 60.7 Å². The first-order chi connectivity index (χ1) is 9.11. The predicted molar refractivity (Wildman–Crippen MR) is 73.8 cm³/mol. The zero-order chi connectivity index (χ0) is 14.5. The fraction of sp³-hybridized carbons (Fsp3) is 0.0667. The number of nitrogens with zero attached hydrogens (tertiary/aromatic N) is 1. The third kappa shape index (κ3) is 9.10. The molecule has 19 heavy (non-hydrogen) atoms. The molecule has 1 rings (SSSR count). The van der Waals surface area contributed by atoms with Crippen LogP contribution in [0.2, 0.25) is 0 Å². The van der Waals surface area contributed by atoms with Crippen LogP contribution >= 0.6 is 0 Å². The fourth-order valence-corrected chi connectivity index (χ4v) is 0.907. The van der Waals surface area contributed by atoms with Gasteiger partial charge < -0.3 is 0 Å². The summed E-state index contributed by atoms with van der Waals surface area (Å²) in [5, 5.41) is 15.8. The zero-order valence-electron chi connectivity index (χ0n) is 10.6. The molecule has 4 nitrogen and oxygen atoms in total. The highest BCUT2D eigenvalue weighted by Crippen LogP contribution is 2.00. The molecular formula is C15H15NO3. The molecule has 0 saturated heterocycles. The van der Waals surface area contributed by atoms with Crippen LogP contribution in [0.25, 0.3) is 6.08 Å². The number of nitriles is 1. The Bertz CT molecular complexity index is 496. The van der Waals surface area contributed by atoms with Crippen molar-refractivity contribution in [3.8, 4) is 6.07 Å². The maximum Gasteiger partial charge on any atom is 0.367 e. The third-order valence-corrected chi connectivity index (χ3v) is 1.80. The number of benzene rings is 1. The Kier molecular flexibility index (Phi) is 9.05. The maximum atomic E-state index is 9.94. The molecule has 0 heterocycles. The number of rotatable bonds is 3. The standard InChI is InChI=1S/C11H9N.C4H6O3/c12-10-6-2-5-9-11-7-3-1-4-8-11;1-3(2)4(5)7-6/h1-9H;6H,1H2,2H3. The molecule has 0 spiro atoms. The van der Waals surface area contributed by atoms with Gasteiger partial charge in [-0.15, -0.1) is 0 Å². The molecule has 0 atom stereocenters. The van der Waals surface area contributed by atoms with Gasteiger partial charge in [-0.25, -0.2) is 4.79 Å². The van der Waals surface area contributed by atoms with Gasteiger partial charge >= 0.3 is 5.97 Å². The van der Waals surface area contributed by atoms with Gasteiger partial charge in [-0.3, -0.25) is 4.89 Å². The van der Waals surface area contributed by atoms with Crippen LogP contribution in [0.1, 0.15) is 12.5 Å². The predicted octanol–water partition coefficient (Wildman–Crippen LogP) is 3.36. The Morgan fingerprint density at radius 2 is 2.00 bits per heavy atom. The second-order valence-electron chi connectivity index (χ2n) is 3.42. The minimum Gasteiger partial charge on any atom is -0.296 e. The van der Waals surface area contributed by atoms with Gasteiger partial charge in [0.1, 0.15) is 0 Å². The number of allylic oxidation sites excluding steroid dienone is 3. The topological polar surface area (TPSA) is 70.3 Å². The van der Waals surface area contributed by atoms with E-state index in [1.807, 2.05) is 48.6 Å². The molecule has 0 aliphatic heterocycles. The summed E-state index contributed by atoms with van der Waals surface area (Å²) in [5.41, 5.74) is 1.32. The first-order valence-electron chi connectivity index (χ1n) is 5.41. The summed E-state index contributed by atoms with van der Waals surface area (Å²) in [7, 11) is 0. The molecule has 0 amide bonds. The Morgan fingerprint density at radius 3 is 2.42 bits per heavy atom. The molecule has 0 radical (unpaired) electrons. The summed E-state index contributed by atoms with van der Waals surface area (Å²) in [6, 6.07) is 11.9. The van der Waals surface area contributed by atoms with Crippen LogP contribution in [0, 0.1) is 11.3 Å². The van der Waals surface area contributed by atoms with Crippen molar-refractivity contribution >= 4 is 12.0 Å². The highest BCUT2D eigenvalue weighted by atomic mass is 17.1. The number of carbonyl (C=O) groups is 1. The summed E-state index contributed by atoms with van der Waals surface area (Å²) in [6.07, 6.45) is 6.96. The van der Waals surface area contributed by atoms with E-state index in [0.717, 1.165) is 5.56 Å². The van der Waals surface area contributed by atoms with E-state index in [-0.39, 0.29) is 5.57 Å². The molecule has 0 aliphatic rings. The van der Waals surface area contributed by atoms with Gasteiger partial charge in [0.15, 0.2) is 0 Å². The molecule has 1 N–H and O–H groups in total. The van der Waals surface area contributed by atoms with E-state index >= 15 is 0 Å². The molecule has 0 aliphatic carbocycles. The van der Waals surface area contributed by atoms with E-state index in [2.05, 4.69) is 11.5 Å². The SMILES string of the molecule is C=C(C)C(=O)OO.N#CC=CC=Cc1ccccc1. The average Bonchev–Trinajstić information content (AvgIpc) is 2.44. The van der Waals surface area contributed by atoms with E-state index in [4.69, 9.17) is 10.5 Å². The van der Waals surface area contributed by atoms with E-state index in [9.17, 15) is 4.79 Å². The maximum absolute atomic E-state index is 9.94. The number of hydrogen-bond donors (Lipinski definition) is 1. The molecule has 0 aromatic heterocycles. The summed E-state index contributed by atoms with van der Waals surface area (Å²) in [4.78, 5) is 13.2. The summed E-state index contributed by atoms with van der Waals surface area (Å²) < 4.78 is 0. The molecule has 98 valence electrons. The first kappa shape index (κ1) is 16.4. The van der Waals surface area contributed by atoms with E-state index in [1.54, 1.807) is 6.08 Å². The van der Waals surface area contributed by atoms with Crippen molar-refractivity contribution in [2.24, 2.45) is 0 Å². The summed E-state index contributed by atoms with van der Waals surface area (Å²) in [5.74, 6) is -0.792. The smallest absolute Gasteiger partial charge is 0.296 e. The molecule has 0 saturated carbocycles. The molecule has 4 heteroatoms. The fourth-order valence-electron chi connectivity index (χ4n) is 0.907. The zero-order valence-corrected chi connectivity index (χ0v) is 10.6. The minimum absolute atomic E-state index is 0.183. The lowest BCUT2D eigenvalue weighted by atomic mass is 10.2. The van der Waals surface area contributed by atoms with Gasteiger partial charge in [0, 0.05) is 11.6 Å². The van der Waals surface area contributed by atoms with Crippen LogP contribution in [0.3, 0.4) is 0 Å².